The molecular formula is C20H29N5O3. The molecule has 3 amide bonds. The largest absolute Gasteiger partial charge is 0.344 e. The van der Waals surface area contributed by atoms with Gasteiger partial charge in [0.1, 0.15) is 18.4 Å². The summed E-state index contributed by atoms with van der Waals surface area (Å²) >= 11 is 0. The summed E-state index contributed by atoms with van der Waals surface area (Å²) in [5.41, 5.74) is 6.57. The molecule has 0 aliphatic heterocycles. The Balaban J connectivity index is 2.06. The SMILES string of the molecule is CCCCc1nc2ccccc2n1CC(=O)NNC(=O)[C@H](NC(C)=O)C(C)C. The topological polar surface area (TPSA) is 105 Å². The molecule has 8 heteroatoms. The zero-order chi connectivity index (χ0) is 20.7. The Hall–Kier alpha value is -2.90. The predicted octanol–water partition coefficient (Wildman–Crippen LogP) is 1.69. The fourth-order valence-electron chi connectivity index (χ4n) is 2.97. The molecule has 0 fully saturated rings. The molecule has 1 aromatic carbocycles. The average molecular weight is 387 g/mol. The number of fused-ring (bicyclic) bond motifs is 1. The Morgan fingerprint density at radius 2 is 1.86 bits per heavy atom. The number of amides is 3. The average Bonchev–Trinajstić information content (AvgIpc) is 2.99. The lowest BCUT2D eigenvalue weighted by Crippen LogP contribution is -2.54. The number of carbonyl (C=O) groups excluding carboxylic acids is 3. The highest BCUT2D eigenvalue weighted by atomic mass is 16.2. The molecule has 1 aromatic heterocycles. The first-order valence-electron chi connectivity index (χ1n) is 9.63. The smallest absolute Gasteiger partial charge is 0.261 e. The summed E-state index contributed by atoms with van der Waals surface area (Å²) in [5.74, 6) is -0.382. The van der Waals surface area contributed by atoms with Crippen LogP contribution in [0.5, 0.6) is 0 Å². The molecule has 0 spiro atoms. The van der Waals surface area contributed by atoms with Crippen LogP contribution in [-0.4, -0.2) is 33.3 Å². The van der Waals surface area contributed by atoms with E-state index in [-0.39, 0.29) is 24.3 Å². The number of carbonyl (C=O) groups is 3. The molecular weight excluding hydrogens is 358 g/mol. The van der Waals surface area contributed by atoms with Crippen LogP contribution in [0.4, 0.5) is 0 Å². The lowest BCUT2D eigenvalue weighted by atomic mass is 10.0. The number of nitrogens with one attached hydrogen (secondary N) is 3. The molecule has 1 heterocycles. The van der Waals surface area contributed by atoms with E-state index in [0.717, 1.165) is 36.1 Å². The van der Waals surface area contributed by atoms with Crippen LogP contribution in [0.25, 0.3) is 11.0 Å². The van der Waals surface area contributed by atoms with Crippen molar-refractivity contribution in [3.05, 3.63) is 30.1 Å². The van der Waals surface area contributed by atoms with E-state index in [9.17, 15) is 14.4 Å². The van der Waals surface area contributed by atoms with E-state index in [1.165, 1.54) is 6.92 Å². The van der Waals surface area contributed by atoms with Gasteiger partial charge in [-0.1, -0.05) is 39.3 Å². The third-order valence-corrected chi connectivity index (χ3v) is 4.42. The summed E-state index contributed by atoms with van der Waals surface area (Å²) in [5, 5.41) is 2.59. The highest BCUT2D eigenvalue weighted by Gasteiger charge is 2.23. The molecule has 3 N–H and O–H groups in total. The van der Waals surface area contributed by atoms with Gasteiger partial charge in [-0.2, -0.15) is 0 Å². The number of imidazole rings is 1. The third kappa shape index (κ3) is 5.55. The zero-order valence-corrected chi connectivity index (χ0v) is 16.9. The van der Waals surface area contributed by atoms with Crippen LogP contribution >= 0.6 is 0 Å². The fraction of sp³-hybridized carbons (Fsp3) is 0.500. The van der Waals surface area contributed by atoms with Gasteiger partial charge in [0, 0.05) is 13.3 Å². The van der Waals surface area contributed by atoms with Crippen LogP contribution in [0.3, 0.4) is 0 Å². The maximum absolute atomic E-state index is 12.4. The molecule has 1 atom stereocenters. The van der Waals surface area contributed by atoms with Crippen molar-refractivity contribution >= 4 is 28.8 Å². The van der Waals surface area contributed by atoms with E-state index in [1.807, 2.05) is 42.7 Å². The van der Waals surface area contributed by atoms with Crippen molar-refractivity contribution in [1.29, 1.82) is 0 Å². The van der Waals surface area contributed by atoms with Crippen molar-refractivity contribution in [2.24, 2.45) is 5.92 Å². The van der Waals surface area contributed by atoms with Crippen LogP contribution < -0.4 is 16.2 Å². The van der Waals surface area contributed by atoms with Gasteiger partial charge in [0.2, 0.25) is 5.91 Å². The summed E-state index contributed by atoms with van der Waals surface area (Å²) in [4.78, 5) is 40.6. The number of hydrogen-bond acceptors (Lipinski definition) is 4. The van der Waals surface area contributed by atoms with Crippen molar-refractivity contribution in [3.63, 3.8) is 0 Å². The molecule has 0 bridgehead atoms. The normalized spacial score (nSPS) is 12.0. The van der Waals surface area contributed by atoms with Gasteiger partial charge in [0.15, 0.2) is 0 Å². The van der Waals surface area contributed by atoms with E-state index in [4.69, 9.17) is 0 Å². The van der Waals surface area contributed by atoms with Gasteiger partial charge in [0.25, 0.3) is 11.8 Å². The number of aromatic nitrogens is 2. The fourth-order valence-corrected chi connectivity index (χ4v) is 2.97. The minimum absolute atomic E-state index is 0.0479. The van der Waals surface area contributed by atoms with Crippen molar-refractivity contribution < 1.29 is 14.4 Å². The Morgan fingerprint density at radius 1 is 1.14 bits per heavy atom. The van der Waals surface area contributed by atoms with E-state index in [2.05, 4.69) is 28.1 Å². The van der Waals surface area contributed by atoms with Gasteiger partial charge in [-0.15, -0.1) is 0 Å². The van der Waals surface area contributed by atoms with Gasteiger partial charge in [-0.25, -0.2) is 4.98 Å². The first-order valence-corrected chi connectivity index (χ1v) is 9.63. The van der Waals surface area contributed by atoms with Crippen molar-refractivity contribution in [3.8, 4) is 0 Å². The number of benzene rings is 1. The number of para-hydroxylation sites is 2. The molecule has 0 aliphatic rings. The first kappa shape index (κ1) is 21.4. The standard InChI is InChI=1S/C20H29N5O3/c1-5-6-11-17-22-15-9-7-8-10-16(15)25(17)12-18(27)23-24-20(28)19(13(2)3)21-14(4)26/h7-10,13,19H,5-6,11-12H2,1-4H3,(H,21,26)(H,23,27)(H,24,28)/t19-/m1/s1. The van der Waals surface area contributed by atoms with E-state index in [1.54, 1.807) is 0 Å². The quantitative estimate of drug-likeness (QED) is 0.599. The van der Waals surface area contributed by atoms with Crippen molar-refractivity contribution in [2.75, 3.05) is 0 Å². The lowest BCUT2D eigenvalue weighted by molar-refractivity contribution is -0.132. The summed E-state index contributed by atoms with van der Waals surface area (Å²) in [6.07, 6.45) is 2.79. The van der Waals surface area contributed by atoms with E-state index < -0.39 is 11.9 Å². The van der Waals surface area contributed by atoms with Gasteiger partial charge in [-0.3, -0.25) is 25.2 Å². The second-order valence-corrected chi connectivity index (χ2v) is 7.17. The third-order valence-electron chi connectivity index (χ3n) is 4.42. The summed E-state index contributed by atoms with van der Waals surface area (Å²) in [6.45, 7) is 7.14. The van der Waals surface area contributed by atoms with E-state index >= 15 is 0 Å². The Kier molecular flexibility index (Phi) is 7.54. The second kappa shape index (κ2) is 9.87. The minimum atomic E-state index is -0.716. The van der Waals surface area contributed by atoms with Crippen LogP contribution in [0.1, 0.15) is 46.4 Å². The summed E-state index contributed by atoms with van der Waals surface area (Å²) < 4.78 is 1.88. The molecule has 0 aliphatic carbocycles. The van der Waals surface area contributed by atoms with Crippen LogP contribution in [0.2, 0.25) is 0 Å². The van der Waals surface area contributed by atoms with Crippen molar-refractivity contribution in [2.45, 2.75) is 59.5 Å². The maximum Gasteiger partial charge on any atom is 0.261 e. The number of aryl methyl sites for hydroxylation is 1. The molecule has 0 radical (unpaired) electrons. The summed E-state index contributed by atoms with van der Waals surface area (Å²) in [6, 6.07) is 6.95. The molecule has 0 saturated heterocycles. The number of unbranched alkanes of at least 4 members (excludes halogenated alkanes) is 1. The van der Waals surface area contributed by atoms with Crippen LogP contribution in [-0.2, 0) is 27.3 Å². The van der Waals surface area contributed by atoms with Gasteiger partial charge in [-0.05, 0) is 24.5 Å². The predicted molar refractivity (Wildman–Crippen MR) is 107 cm³/mol. The maximum atomic E-state index is 12.4. The molecule has 152 valence electrons. The minimum Gasteiger partial charge on any atom is -0.344 e. The Labute approximate surface area is 165 Å². The Morgan fingerprint density at radius 3 is 2.50 bits per heavy atom. The second-order valence-electron chi connectivity index (χ2n) is 7.17. The first-order chi connectivity index (χ1) is 13.3. The number of hydrogen-bond donors (Lipinski definition) is 3. The zero-order valence-electron chi connectivity index (χ0n) is 16.9. The molecule has 28 heavy (non-hydrogen) atoms. The van der Waals surface area contributed by atoms with Gasteiger partial charge >= 0.3 is 0 Å². The molecule has 2 aromatic rings. The van der Waals surface area contributed by atoms with Gasteiger partial charge < -0.3 is 9.88 Å². The molecule has 8 nitrogen and oxygen atoms in total. The van der Waals surface area contributed by atoms with Crippen molar-refractivity contribution in [1.82, 2.24) is 25.7 Å². The molecule has 0 unspecified atom stereocenters. The van der Waals surface area contributed by atoms with Crippen LogP contribution in [0.15, 0.2) is 24.3 Å². The van der Waals surface area contributed by atoms with Gasteiger partial charge in [0.05, 0.1) is 11.0 Å². The van der Waals surface area contributed by atoms with Crippen LogP contribution in [0, 0.1) is 5.92 Å². The molecule has 0 saturated carbocycles. The lowest BCUT2D eigenvalue weighted by Gasteiger charge is -2.21. The summed E-state index contributed by atoms with van der Waals surface area (Å²) in [7, 11) is 0. The number of rotatable bonds is 8. The Bertz CT molecular complexity index is 843. The number of hydrazine groups is 1. The highest BCUT2D eigenvalue weighted by Crippen LogP contribution is 2.17. The van der Waals surface area contributed by atoms with E-state index in [0.29, 0.717) is 0 Å². The number of nitrogens with zero attached hydrogens (tertiary/aromatic N) is 2. The monoisotopic (exact) mass is 387 g/mol. The highest BCUT2D eigenvalue weighted by molar-refractivity contribution is 5.89. The molecule has 2 rings (SSSR count).